The number of rotatable bonds is 6. The van der Waals surface area contributed by atoms with Gasteiger partial charge in [0.25, 0.3) is 0 Å². The van der Waals surface area contributed by atoms with Crippen LogP contribution in [0.4, 0.5) is 0 Å². The van der Waals surface area contributed by atoms with Crippen molar-refractivity contribution < 1.29 is 9.59 Å². The van der Waals surface area contributed by atoms with Gasteiger partial charge in [0, 0.05) is 31.3 Å². The number of amides is 2. The van der Waals surface area contributed by atoms with Gasteiger partial charge >= 0.3 is 0 Å². The van der Waals surface area contributed by atoms with Crippen LogP contribution >= 0.6 is 0 Å². The van der Waals surface area contributed by atoms with Crippen molar-refractivity contribution >= 4 is 11.8 Å². The third-order valence-electron chi connectivity index (χ3n) is 5.47. The smallest absolute Gasteiger partial charge is 0.226 e. The minimum atomic E-state index is 0.0135. The maximum atomic E-state index is 12.4. The van der Waals surface area contributed by atoms with Crippen LogP contribution in [-0.2, 0) is 35.6 Å². The summed E-state index contributed by atoms with van der Waals surface area (Å²) < 4.78 is 1.96. The minimum Gasteiger partial charge on any atom is -0.350 e. The molecule has 27 heavy (non-hydrogen) atoms. The van der Waals surface area contributed by atoms with E-state index in [2.05, 4.69) is 15.4 Å². The molecule has 2 aliphatic rings. The van der Waals surface area contributed by atoms with E-state index >= 15 is 0 Å². The van der Waals surface area contributed by atoms with Crippen LogP contribution in [0.25, 0.3) is 0 Å². The number of carbonyl (C=O) groups is 2. The third kappa shape index (κ3) is 4.18. The van der Waals surface area contributed by atoms with E-state index in [-0.39, 0.29) is 11.8 Å². The van der Waals surface area contributed by atoms with E-state index in [1.165, 1.54) is 6.42 Å². The van der Waals surface area contributed by atoms with E-state index in [1.807, 2.05) is 27.8 Å². The first-order valence-electron chi connectivity index (χ1n) is 9.69. The van der Waals surface area contributed by atoms with E-state index in [9.17, 15) is 9.59 Å². The first-order valence-corrected chi connectivity index (χ1v) is 9.69. The van der Waals surface area contributed by atoms with Gasteiger partial charge < -0.3 is 10.2 Å². The average Bonchev–Trinajstić information content (AvgIpc) is 3.06. The second-order valence-electron chi connectivity index (χ2n) is 7.37. The number of aryl methyl sites for hydroxylation is 1. The summed E-state index contributed by atoms with van der Waals surface area (Å²) in [6, 6.07) is 5.85. The topological polar surface area (TPSA) is 80.1 Å². The van der Waals surface area contributed by atoms with E-state index in [0.29, 0.717) is 31.8 Å². The van der Waals surface area contributed by atoms with Crippen molar-refractivity contribution in [2.45, 2.75) is 51.7 Å². The van der Waals surface area contributed by atoms with Crippen LogP contribution in [0.1, 0.15) is 42.6 Å². The Kier molecular flexibility index (Phi) is 5.18. The maximum absolute atomic E-state index is 12.4. The highest BCUT2D eigenvalue weighted by molar-refractivity contribution is 5.79. The molecule has 0 unspecified atom stereocenters. The number of carbonyl (C=O) groups excluding carboxylic acids is 2. The molecular formula is C20H25N5O2. The molecular weight excluding hydrogens is 342 g/mol. The molecule has 2 aromatic heterocycles. The standard InChI is InChI=1S/C20H25N5O2/c26-19(5-4-15-6-8-21-9-7-15)22-13-17-12-18-14-24(10-11-25(18)23-17)20(27)16-2-1-3-16/h6-9,12,16H,1-5,10-11,13-14H2,(H,22,26). The molecule has 0 atom stereocenters. The van der Waals surface area contributed by atoms with E-state index in [4.69, 9.17) is 0 Å². The molecule has 1 aliphatic carbocycles. The highest BCUT2D eigenvalue weighted by Crippen LogP contribution is 2.29. The second-order valence-corrected chi connectivity index (χ2v) is 7.37. The second kappa shape index (κ2) is 7.90. The molecule has 1 fully saturated rings. The maximum Gasteiger partial charge on any atom is 0.226 e. The molecule has 1 aliphatic heterocycles. The van der Waals surface area contributed by atoms with Crippen LogP contribution in [-0.4, -0.2) is 38.0 Å². The molecule has 0 radical (unpaired) electrons. The van der Waals surface area contributed by atoms with Crippen LogP contribution < -0.4 is 5.32 Å². The number of pyridine rings is 1. The Labute approximate surface area is 158 Å². The Balaban J connectivity index is 1.27. The Hall–Kier alpha value is -2.70. The SMILES string of the molecule is O=C(CCc1ccncc1)NCc1cc2n(n1)CCN(C(=O)C1CCC1)C2. The number of hydrogen-bond donors (Lipinski definition) is 1. The normalized spacial score (nSPS) is 16.5. The van der Waals surface area contributed by atoms with E-state index in [0.717, 1.165) is 42.9 Å². The van der Waals surface area contributed by atoms with Crippen molar-refractivity contribution in [1.29, 1.82) is 0 Å². The quantitative estimate of drug-likeness (QED) is 0.842. The summed E-state index contributed by atoms with van der Waals surface area (Å²) in [4.78, 5) is 30.4. The molecule has 7 nitrogen and oxygen atoms in total. The van der Waals surface area contributed by atoms with Crippen LogP contribution in [0.5, 0.6) is 0 Å². The molecule has 0 aromatic carbocycles. The fraction of sp³-hybridized carbons (Fsp3) is 0.500. The molecule has 0 saturated heterocycles. The molecule has 0 spiro atoms. The van der Waals surface area contributed by atoms with Crippen LogP contribution in [0, 0.1) is 5.92 Å². The number of nitrogens with zero attached hydrogens (tertiary/aromatic N) is 4. The summed E-state index contributed by atoms with van der Waals surface area (Å²) in [7, 11) is 0. The molecule has 1 N–H and O–H groups in total. The summed E-state index contributed by atoms with van der Waals surface area (Å²) in [5.41, 5.74) is 3.00. The predicted molar refractivity (Wildman–Crippen MR) is 99.4 cm³/mol. The van der Waals surface area contributed by atoms with Crippen molar-refractivity contribution in [3.8, 4) is 0 Å². The van der Waals surface area contributed by atoms with Crippen LogP contribution in [0.2, 0.25) is 0 Å². The number of nitrogens with one attached hydrogen (secondary N) is 1. The lowest BCUT2D eigenvalue weighted by molar-refractivity contribution is -0.139. The summed E-state index contributed by atoms with van der Waals surface area (Å²) in [6.45, 7) is 2.50. The van der Waals surface area contributed by atoms with Crippen molar-refractivity contribution in [3.63, 3.8) is 0 Å². The summed E-state index contributed by atoms with van der Waals surface area (Å²) in [6.07, 6.45) is 7.86. The van der Waals surface area contributed by atoms with E-state index < -0.39 is 0 Å². The predicted octanol–water partition coefficient (Wildman–Crippen LogP) is 1.67. The first-order chi connectivity index (χ1) is 13.2. The van der Waals surface area contributed by atoms with Gasteiger partial charge in [-0.15, -0.1) is 0 Å². The van der Waals surface area contributed by atoms with Crippen molar-refractivity contribution in [2.24, 2.45) is 5.92 Å². The van der Waals surface area contributed by atoms with Gasteiger partial charge in [-0.05, 0) is 43.0 Å². The zero-order chi connectivity index (χ0) is 18.6. The highest BCUT2D eigenvalue weighted by atomic mass is 16.2. The molecule has 2 amide bonds. The lowest BCUT2D eigenvalue weighted by Crippen LogP contribution is -2.43. The summed E-state index contributed by atoms with van der Waals surface area (Å²) in [5, 5.41) is 7.51. The van der Waals surface area contributed by atoms with Crippen molar-refractivity contribution in [3.05, 3.63) is 47.5 Å². The molecule has 2 aromatic rings. The Morgan fingerprint density at radius 2 is 2.00 bits per heavy atom. The van der Waals surface area contributed by atoms with Crippen molar-refractivity contribution in [2.75, 3.05) is 6.54 Å². The van der Waals surface area contributed by atoms with Gasteiger partial charge in [-0.2, -0.15) is 5.10 Å². The average molecular weight is 367 g/mol. The monoisotopic (exact) mass is 367 g/mol. The zero-order valence-corrected chi connectivity index (χ0v) is 15.4. The lowest BCUT2D eigenvalue weighted by Gasteiger charge is -2.34. The minimum absolute atomic E-state index is 0.0135. The molecule has 1 saturated carbocycles. The van der Waals surface area contributed by atoms with Gasteiger partial charge in [0.2, 0.25) is 11.8 Å². The molecule has 4 rings (SSSR count). The molecule has 7 heteroatoms. The fourth-order valence-corrected chi connectivity index (χ4v) is 3.60. The zero-order valence-electron chi connectivity index (χ0n) is 15.4. The first kappa shape index (κ1) is 17.7. The third-order valence-corrected chi connectivity index (χ3v) is 5.47. The number of fused-ring (bicyclic) bond motifs is 1. The molecule has 3 heterocycles. The largest absolute Gasteiger partial charge is 0.350 e. The highest BCUT2D eigenvalue weighted by Gasteiger charge is 2.31. The van der Waals surface area contributed by atoms with Gasteiger partial charge in [-0.1, -0.05) is 6.42 Å². The van der Waals surface area contributed by atoms with Gasteiger partial charge in [-0.25, -0.2) is 0 Å². The lowest BCUT2D eigenvalue weighted by atomic mass is 9.84. The summed E-state index contributed by atoms with van der Waals surface area (Å²) in [5.74, 6) is 0.540. The molecule has 142 valence electrons. The Morgan fingerprint density at radius 1 is 1.19 bits per heavy atom. The Bertz CT molecular complexity index is 813. The molecule has 0 bridgehead atoms. The van der Waals surface area contributed by atoms with Gasteiger partial charge in [0.05, 0.1) is 31.0 Å². The van der Waals surface area contributed by atoms with Gasteiger partial charge in [0.1, 0.15) is 0 Å². The van der Waals surface area contributed by atoms with E-state index in [1.54, 1.807) is 12.4 Å². The van der Waals surface area contributed by atoms with Gasteiger partial charge in [-0.3, -0.25) is 19.3 Å². The fourth-order valence-electron chi connectivity index (χ4n) is 3.60. The van der Waals surface area contributed by atoms with Crippen LogP contribution in [0.15, 0.2) is 30.6 Å². The Morgan fingerprint density at radius 3 is 2.74 bits per heavy atom. The van der Waals surface area contributed by atoms with Crippen LogP contribution in [0.3, 0.4) is 0 Å². The number of hydrogen-bond acceptors (Lipinski definition) is 4. The summed E-state index contributed by atoms with van der Waals surface area (Å²) >= 11 is 0. The number of aromatic nitrogens is 3. The van der Waals surface area contributed by atoms with Gasteiger partial charge in [0.15, 0.2) is 0 Å². The van der Waals surface area contributed by atoms with Crippen molar-refractivity contribution in [1.82, 2.24) is 25.0 Å².